The fourth-order valence-corrected chi connectivity index (χ4v) is 5.16. The van der Waals surface area contributed by atoms with Gasteiger partial charge in [-0.25, -0.2) is 4.98 Å². The van der Waals surface area contributed by atoms with Crippen LogP contribution in [0.25, 0.3) is 11.0 Å². The second-order valence-electron chi connectivity index (χ2n) is 10.1. The average Bonchev–Trinajstić information content (AvgIpc) is 3.27. The first-order valence-electron chi connectivity index (χ1n) is 13.0. The smallest absolute Gasteiger partial charge is 0.173 e. The van der Waals surface area contributed by atoms with Crippen molar-refractivity contribution in [3.63, 3.8) is 0 Å². The van der Waals surface area contributed by atoms with Crippen molar-refractivity contribution >= 4 is 22.5 Å². The molecule has 0 aliphatic carbocycles. The molecule has 184 valence electrons. The van der Waals surface area contributed by atoms with Crippen LogP contribution in [-0.4, -0.2) is 55.8 Å². The molecule has 0 saturated carbocycles. The second kappa shape index (κ2) is 11.7. The lowest BCUT2D eigenvalue weighted by Gasteiger charge is -2.32. The number of pyridine rings is 1. The molecule has 34 heavy (non-hydrogen) atoms. The zero-order valence-electron chi connectivity index (χ0n) is 21.5. The number of aryl methyl sites for hydroxylation is 1. The van der Waals surface area contributed by atoms with Gasteiger partial charge in [-0.1, -0.05) is 31.0 Å². The van der Waals surface area contributed by atoms with E-state index in [4.69, 9.17) is 4.52 Å². The standard InChI is InChI=1S/C28H41N5O/c1-5-6-9-18-32(4)26-14-12-23-25(30-34-28(23)24(26)21-31(2)3)13-11-22-15-19-33(20-16-22)27-10-7-8-17-29-27/h7-8,10,12,14,17,22H,5-6,9,11,13,15-16,18-21H2,1-4H3. The summed E-state index contributed by atoms with van der Waals surface area (Å²) in [5.74, 6) is 1.84. The van der Waals surface area contributed by atoms with Crippen LogP contribution in [0.3, 0.4) is 0 Å². The van der Waals surface area contributed by atoms with Gasteiger partial charge in [0.05, 0.1) is 5.69 Å². The van der Waals surface area contributed by atoms with E-state index < -0.39 is 0 Å². The number of aromatic nitrogens is 2. The number of fused-ring (bicyclic) bond motifs is 1. The van der Waals surface area contributed by atoms with E-state index in [-0.39, 0.29) is 0 Å². The van der Waals surface area contributed by atoms with E-state index in [1.165, 1.54) is 55.2 Å². The van der Waals surface area contributed by atoms with Crippen molar-refractivity contribution < 1.29 is 4.52 Å². The fraction of sp³-hybridized carbons (Fsp3) is 0.571. The Morgan fingerprint density at radius 3 is 2.59 bits per heavy atom. The lowest BCUT2D eigenvalue weighted by Crippen LogP contribution is -2.34. The number of rotatable bonds is 11. The summed E-state index contributed by atoms with van der Waals surface area (Å²) in [6.45, 7) is 6.34. The van der Waals surface area contributed by atoms with Gasteiger partial charge in [0.15, 0.2) is 5.58 Å². The molecular weight excluding hydrogens is 422 g/mol. The highest BCUT2D eigenvalue weighted by Gasteiger charge is 2.22. The maximum atomic E-state index is 5.99. The van der Waals surface area contributed by atoms with Crippen LogP contribution in [0.15, 0.2) is 41.1 Å². The highest BCUT2D eigenvalue weighted by Crippen LogP contribution is 2.33. The maximum Gasteiger partial charge on any atom is 0.173 e. The topological polar surface area (TPSA) is 48.6 Å². The number of benzene rings is 1. The summed E-state index contributed by atoms with van der Waals surface area (Å²) in [7, 11) is 6.44. The van der Waals surface area contributed by atoms with Crippen molar-refractivity contribution in [3.8, 4) is 0 Å². The lowest BCUT2D eigenvalue weighted by atomic mass is 9.91. The van der Waals surface area contributed by atoms with Crippen LogP contribution < -0.4 is 9.80 Å². The molecular formula is C28H41N5O. The SMILES string of the molecule is CCCCCN(C)c1ccc2c(CCC3CCN(c4ccccn4)CC3)noc2c1CN(C)C. The van der Waals surface area contributed by atoms with Crippen LogP contribution in [0.4, 0.5) is 11.5 Å². The molecule has 0 spiro atoms. The first kappa shape index (κ1) is 24.5. The Morgan fingerprint density at radius 1 is 1.06 bits per heavy atom. The van der Waals surface area contributed by atoms with Crippen LogP contribution in [-0.2, 0) is 13.0 Å². The van der Waals surface area contributed by atoms with E-state index in [9.17, 15) is 0 Å². The predicted octanol–water partition coefficient (Wildman–Crippen LogP) is 5.76. The summed E-state index contributed by atoms with van der Waals surface area (Å²) in [5.41, 5.74) is 4.60. The Morgan fingerprint density at radius 2 is 1.88 bits per heavy atom. The molecule has 0 radical (unpaired) electrons. The van der Waals surface area contributed by atoms with E-state index in [1.54, 1.807) is 0 Å². The Hall–Kier alpha value is -2.60. The molecule has 0 atom stereocenters. The van der Waals surface area contributed by atoms with E-state index in [2.05, 4.69) is 77.2 Å². The molecule has 4 rings (SSSR count). The second-order valence-corrected chi connectivity index (χ2v) is 10.1. The van der Waals surface area contributed by atoms with Gasteiger partial charge in [0, 0.05) is 56.1 Å². The zero-order chi connectivity index (χ0) is 23.9. The van der Waals surface area contributed by atoms with Gasteiger partial charge >= 0.3 is 0 Å². The molecule has 0 unspecified atom stereocenters. The fourth-order valence-electron chi connectivity index (χ4n) is 5.16. The Labute approximate surface area is 204 Å². The summed E-state index contributed by atoms with van der Waals surface area (Å²) < 4.78 is 5.99. The van der Waals surface area contributed by atoms with E-state index in [0.717, 1.165) is 55.6 Å². The molecule has 6 heteroatoms. The molecule has 1 aliphatic rings. The number of nitrogens with zero attached hydrogens (tertiary/aromatic N) is 5. The third-order valence-corrected chi connectivity index (χ3v) is 7.15. The number of hydrogen-bond acceptors (Lipinski definition) is 6. The minimum atomic E-state index is 0.733. The van der Waals surface area contributed by atoms with Crippen molar-refractivity contribution in [1.29, 1.82) is 0 Å². The van der Waals surface area contributed by atoms with E-state index in [0.29, 0.717) is 0 Å². The highest BCUT2D eigenvalue weighted by molar-refractivity contribution is 5.87. The molecule has 1 fully saturated rings. The summed E-state index contributed by atoms with van der Waals surface area (Å²) in [6, 6.07) is 10.7. The molecule has 0 bridgehead atoms. The maximum absolute atomic E-state index is 5.99. The van der Waals surface area contributed by atoms with Crippen molar-refractivity contribution in [1.82, 2.24) is 15.0 Å². The van der Waals surface area contributed by atoms with Gasteiger partial charge in [0.2, 0.25) is 0 Å². The number of unbranched alkanes of at least 4 members (excludes halogenated alkanes) is 2. The largest absolute Gasteiger partial charge is 0.374 e. The third kappa shape index (κ3) is 5.90. The molecule has 3 heterocycles. The molecule has 1 aromatic carbocycles. The molecule has 1 saturated heterocycles. The summed E-state index contributed by atoms with van der Waals surface area (Å²) in [5, 5.41) is 5.74. The van der Waals surface area contributed by atoms with Crippen molar-refractivity contribution in [2.45, 2.75) is 58.4 Å². The first-order valence-corrected chi connectivity index (χ1v) is 13.0. The van der Waals surface area contributed by atoms with Gasteiger partial charge in [-0.3, -0.25) is 0 Å². The molecule has 1 aliphatic heterocycles. The normalized spacial score (nSPS) is 14.9. The van der Waals surface area contributed by atoms with Gasteiger partial charge < -0.3 is 19.2 Å². The summed E-state index contributed by atoms with van der Waals surface area (Å²) in [6.07, 6.45) is 10.2. The first-order chi connectivity index (χ1) is 16.6. The minimum Gasteiger partial charge on any atom is -0.374 e. The summed E-state index contributed by atoms with van der Waals surface area (Å²) in [4.78, 5) is 11.5. The minimum absolute atomic E-state index is 0.733. The van der Waals surface area contributed by atoms with Crippen molar-refractivity contribution in [3.05, 3.63) is 47.8 Å². The highest BCUT2D eigenvalue weighted by atomic mass is 16.5. The van der Waals surface area contributed by atoms with Gasteiger partial charge in [0.25, 0.3) is 0 Å². The molecule has 3 aromatic rings. The quantitative estimate of drug-likeness (QED) is 0.337. The van der Waals surface area contributed by atoms with E-state index in [1.807, 2.05) is 12.3 Å². The van der Waals surface area contributed by atoms with Gasteiger partial charge in [-0.2, -0.15) is 0 Å². The number of hydrogen-bond donors (Lipinski definition) is 0. The van der Waals surface area contributed by atoms with Crippen LogP contribution in [0.5, 0.6) is 0 Å². The monoisotopic (exact) mass is 463 g/mol. The zero-order valence-corrected chi connectivity index (χ0v) is 21.5. The lowest BCUT2D eigenvalue weighted by molar-refractivity contribution is 0.372. The van der Waals surface area contributed by atoms with Crippen LogP contribution in [0.1, 0.15) is 56.7 Å². The number of piperidine rings is 1. The molecule has 2 aromatic heterocycles. The van der Waals surface area contributed by atoms with Crippen LogP contribution >= 0.6 is 0 Å². The van der Waals surface area contributed by atoms with Crippen molar-refractivity contribution in [2.24, 2.45) is 5.92 Å². The van der Waals surface area contributed by atoms with E-state index >= 15 is 0 Å². The Balaban J connectivity index is 1.42. The Kier molecular flexibility index (Phi) is 8.44. The third-order valence-electron chi connectivity index (χ3n) is 7.15. The number of anilines is 2. The van der Waals surface area contributed by atoms with Crippen LogP contribution in [0.2, 0.25) is 0 Å². The Bertz CT molecular complexity index is 1020. The predicted molar refractivity (Wildman–Crippen MR) is 142 cm³/mol. The van der Waals surface area contributed by atoms with Crippen LogP contribution in [0, 0.1) is 5.92 Å². The van der Waals surface area contributed by atoms with Crippen molar-refractivity contribution in [2.75, 3.05) is 50.6 Å². The average molecular weight is 464 g/mol. The van der Waals surface area contributed by atoms with Gasteiger partial charge in [0.1, 0.15) is 5.82 Å². The molecule has 6 nitrogen and oxygen atoms in total. The summed E-state index contributed by atoms with van der Waals surface area (Å²) >= 11 is 0. The van der Waals surface area contributed by atoms with Gasteiger partial charge in [-0.05, 0) is 76.4 Å². The molecule has 0 amide bonds. The van der Waals surface area contributed by atoms with Gasteiger partial charge in [-0.15, -0.1) is 0 Å². The molecule has 0 N–H and O–H groups in total.